The molecule has 2 nitrogen and oxygen atoms in total. The van der Waals surface area contributed by atoms with Crippen LogP contribution in [0.2, 0.25) is 0 Å². The molecule has 0 bridgehead atoms. The summed E-state index contributed by atoms with van der Waals surface area (Å²) in [5.41, 5.74) is 0.0477. The lowest BCUT2D eigenvalue weighted by molar-refractivity contribution is 0.798. The number of hydrogen-bond donors (Lipinski definition) is 0. The van der Waals surface area contributed by atoms with Gasteiger partial charge >= 0.3 is 0 Å². The molecule has 72 valence electrons. The van der Waals surface area contributed by atoms with Gasteiger partial charge in [0, 0.05) is 33.9 Å². The molecule has 0 aliphatic carbocycles. The Morgan fingerprint density at radius 2 is 2.00 bits per heavy atom. The summed E-state index contributed by atoms with van der Waals surface area (Å²) in [6, 6.07) is 5.17. The molecule has 2 heterocycles. The number of halogens is 1. The average Bonchev–Trinajstić information content (AvgIpc) is 2.56. The van der Waals surface area contributed by atoms with Gasteiger partial charge in [-0.05, 0) is 27.4 Å². The van der Waals surface area contributed by atoms with Crippen LogP contribution >= 0.6 is 27.3 Å². The van der Waals surface area contributed by atoms with Crippen LogP contribution < -0.4 is 5.43 Å². The van der Waals surface area contributed by atoms with Gasteiger partial charge in [-0.2, -0.15) is 0 Å². The lowest BCUT2D eigenvalue weighted by Gasteiger charge is -2.03. The Kier molecular flexibility index (Phi) is 2.84. The molecule has 0 amide bonds. The Morgan fingerprint density at radius 1 is 1.29 bits per heavy atom. The average molecular weight is 270 g/mol. The van der Waals surface area contributed by atoms with E-state index in [1.807, 2.05) is 16.0 Å². The Bertz CT molecular complexity index is 468. The molecule has 4 heteroatoms. The maximum atomic E-state index is 10.9. The monoisotopic (exact) mass is 269 g/mol. The number of thiophene rings is 1. The normalized spacial score (nSPS) is 10.4. The van der Waals surface area contributed by atoms with Crippen molar-refractivity contribution in [1.29, 1.82) is 0 Å². The highest BCUT2D eigenvalue weighted by molar-refractivity contribution is 9.10. The minimum atomic E-state index is 0.0477. The largest absolute Gasteiger partial charge is 0.349 e. The molecule has 0 saturated carbocycles. The van der Waals surface area contributed by atoms with Crippen LogP contribution in [0.3, 0.4) is 0 Å². The summed E-state index contributed by atoms with van der Waals surface area (Å²) in [5.74, 6) is 0. The van der Waals surface area contributed by atoms with Crippen molar-refractivity contribution in [1.82, 2.24) is 4.57 Å². The van der Waals surface area contributed by atoms with Crippen molar-refractivity contribution in [2.45, 2.75) is 6.54 Å². The van der Waals surface area contributed by atoms with Crippen molar-refractivity contribution in [2.24, 2.45) is 0 Å². The van der Waals surface area contributed by atoms with Crippen molar-refractivity contribution in [3.05, 3.63) is 55.5 Å². The summed E-state index contributed by atoms with van der Waals surface area (Å²) in [5, 5.41) is 2.04. The quantitative estimate of drug-likeness (QED) is 0.822. The van der Waals surface area contributed by atoms with Gasteiger partial charge in [-0.3, -0.25) is 4.79 Å². The van der Waals surface area contributed by atoms with Gasteiger partial charge in [0.25, 0.3) is 0 Å². The molecule has 0 unspecified atom stereocenters. The highest BCUT2D eigenvalue weighted by Gasteiger charge is 2.00. The second-order valence-corrected chi connectivity index (χ2v) is 4.75. The molecule has 0 atom stereocenters. The molecule has 0 radical (unpaired) electrons. The predicted molar refractivity (Wildman–Crippen MR) is 61.8 cm³/mol. The lowest BCUT2D eigenvalue weighted by Crippen LogP contribution is -2.03. The number of rotatable bonds is 2. The molecule has 0 saturated heterocycles. The van der Waals surface area contributed by atoms with E-state index < -0.39 is 0 Å². The van der Waals surface area contributed by atoms with E-state index in [4.69, 9.17) is 0 Å². The fourth-order valence-electron chi connectivity index (χ4n) is 1.15. The molecule has 0 spiro atoms. The number of hydrogen-bond acceptors (Lipinski definition) is 2. The third-order valence-electron chi connectivity index (χ3n) is 1.88. The summed E-state index contributed by atoms with van der Waals surface area (Å²) < 4.78 is 3.11. The van der Waals surface area contributed by atoms with Gasteiger partial charge in [0.2, 0.25) is 0 Å². The maximum absolute atomic E-state index is 10.9. The van der Waals surface area contributed by atoms with E-state index in [0.717, 1.165) is 11.0 Å². The second-order valence-electron chi connectivity index (χ2n) is 2.90. The van der Waals surface area contributed by atoms with Gasteiger partial charge in [-0.1, -0.05) is 0 Å². The molecular formula is C10H8BrNOS. The van der Waals surface area contributed by atoms with Crippen molar-refractivity contribution >= 4 is 27.3 Å². The van der Waals surface area contributed by atoms with Crippen molar-refractivity contribution in [3.63, 3.8) is 0 Å². The van der Waals surface area contributed by atoms with Crippen LogP contribution in [0.4, 0.5) is 0 Å². The molecule has 0 aromatic carbocycles. The van der Waals surface area contributed by atoms with Crippen LogP contribution in [-0.4, -0.2) is 4.57 Å². The first-order valence-corrected chi connectivity index (χ1v) is 5.81. The van der Waals surface area contributed by atoms with E-state index in [2.05, 4.69) is 15.9 Å². The molecule has 0 aliphatic heterocycles. The fraction of sp³-hybridized carbons (Fsp3) is 0.100. The van der Waals surface area contributed by atoms with Gasteiger partial charge in [-0.15, -0.1) is 11.3 Å². The summed E-state index contributed by atoms with van der Waals surface area (Å²) in [4.78, 5) is 12.1. The van der Waals surface area contributed by atoms with E-state index >= 15 is 0 Å². The van der Waals surface area contributed by atoms with E-state index in [1.165, 1.54) is 4.88 Å². The zero-order valence-electron chi connectivity index (χ0n) is 7.31. The smallest absolute Gasteiger partial charge is 0.181 e. The number of aromatic nitrogens is 1. The second kappa shape index (κ2) is 4.11. The first-order valence-electron chi connectivity index (χ1n) is 4.14. The lowest BCUT2D eigenvalue weighted by atomic mass is 10.4. The fourth-order valence-corrected chi connectivity index (χ4v) is 2.64. The summed E-state index contributed by atoms with van der Waals surface area (Å²) >= 11 is 5.18. The first-order chi connectivity index (χ1) is 6.75. The van der Waals surface area contributed by atoms with E-state index in [-0.39, 0.29) is 5.43 Å². The van der Waals surface area contributed by atoms with Gasteiger partial charge in [0.15, 0.2) is 5.43 Å². The summed E-state index contributed by atoms with van der Waals surface area (Å²) in [6.45, 7) is 0.804. The zero-order chi connectivity index (χ0) is 9.97. The SMILES string of the molecule is O=c1ccn(Cc2sccc2Br)cc1. The zero-order valence-corrected chi connectivity index (χ0v) is 9.72. The van der Waals surface area contributed by atoms with Crippen LogP contribution in [-0.2, 0) is 6.54 Å². The van der Waals surface area contributed by atoms with Crippen molar-refractivity contribution in [3.8, 4) is 0 Å². The van der Waals surface area contributed by atoms with Crippen LogP contribution in [0.15, 0.2) is 45.2 Å². The molecule has 0 aliphatic rings. The third-order valence-corrected chi connectivity index (χ3v) is 3.79. The van der Waals surface area contributed by atoms with Crippen LogP contribution in [0.1, 0.15) is 4.88 Å². The molecule has 0 N–H and O–H groups in total. The first kappa shape index (κ1) is 9.68. The van der Waals surface area contributed by atoms with Crippen LogP contribution in [0.25, 0.3) is 0 Å². The number of pyridine rings is 1. The van der Waals surface area contributed by atoms with Crippen LogP contribution in [0, 0.1) is 0 Å². The highest BCUT2D eigenvalue weighted by Crippen LogP contribution is 2.23. The molecule has 2 aromatic heterocycles. The third kappa shape index (κ3) is 2.13. The molecule has 14 heavy (non-hydrogen) atoms. The highest BCUT2D eigenvalue weighted by atomic mass is 79.9. The minimum absolute atomic E-state index is 0.0477. The standard InChI is InChI=1S/C10H8BrNOS/c11-9-3-6-14-10(9)7-12-4-1-8(13)2-5-12/h1-6H,7H2. The number of nitrogens with zero attached hydrogens (tertiary/aromatic N) is 1. The van der Waals surface area contributed by atoms with Gasteiger partial charge in [-0.25, -0.2) is 0 Å². The summed E-state index contributed by atoms with van der Waals surface area (Å²) in [7, 11) is 0. The van der Waals surface area contributed by atoms with E-state index in [0.29, 0.717) is 0 Å². The maximum Gasteiger partial charge on any atom is 0.181 e. The Labute approximate surface area is 94.0 Å². The van der Waals surface area contributed by atoms with Gasteiger partial charge < -0.3 is 4.57 Å². The van der Waals surface area contributed by atoms with Crippen LogP contribution in [0.5, 0.6) is 0 Å². The summed E-state index contributed by atoms with van der Waals surface area (Å²) in [6.07, 6.45) is 3.60. The van der Waals surface area contributed by atoms with E-state index in [9.17, 15) is 4.79 Å². The predicted octanol–water partition coefficient (Wildman–Crippen LogP) is 2.72. The molecule has 0 fully saturated rings. The van der Waals surface area contributed by atoms with Crippen molar-refractivity contribution < 1.29 is 0 Å². The van der Waals surface area contributed by atoms with Gasteiger partial charge in [0.05, 0.1) is 6.54 Å². The Balaban J connectivity index is 2.23. The Morgan fingerprint density at radius 3 is 2.57 bits per heavy atom. The van der Waals surface area contributed by atoms with E-state index in [1.54, 1.807) is 35.9 Å². The molecule has 2 rings (SSSR count). The molecular weight excluding hydrogens is 262 g/mol. The molecule has 2 aromatic rings. The Hall–Kier alpha value is -0.870. The van der Waals surface area contributed by atoms with Gasteiger partial charge in [0.1, 0.15) is 0 Å². The van der Waals surface area contributed by atoms with Crippen molar-refractivity contribution in [2.75, 3.05) is 0 Å². The topological polar surface area (TPSA) is 22.0 Å². The minimum Gasteiger partial charge on any atom is -0.349 e.